The Kier molecular flexibility index (Phi) is 11.8. The van der Waals surface area contributed by atoms with Gasteiger partial charge in [-0.1, -0.05) is 26.2 Å². The van der Waals surface area contributed by atoms with Crippen LogP contribution in [0.25, 0.3) is 0 Å². The number of unbranched alkanes of at least 4 members (excludes halogenated alkanes) is 2. The Balaban J connectivity index is 3.68. The molecule has 0 aliphatic rings. The van der Waals surface area contributed by atoms with Crippen LogP contribution in [0.15, 0.2) is 0 Å². The van der Waals surface area contributed by atoms with Crippen LogP contribution in [-0.2, 0) is 28.7 Å². The second-order valence-corrected chi connectivity index (χ2v) is 5.78. The molecule has 1 unspecified atom stereocenters. The van der Waals surface area contributed by atoms with Crippen molar-refractivity contribution in [1.82, 2.24) is 0 Å². The molecule has 132 valence electrons. The van der Waals surface area contributed by atoms with E-state index in [0.29, 0.717) is 13.2 Å². The number of Topliss-reactive ketones (excluding diaryl/α,β-unsaturated/α-hetero) is 2. The number of rotatable bonds is 13. The Labute approximate surface area is 137 Å². The number of ether oxygens (including phenoxy) is 2. The highest BCUT2D eigenvalue weighted by Crippen LogP contribution is 2.14. The lowest BCUT2D eigenvalue weighted by Gasteiger charge is -2.14. The first-order chi connectivity index (χ1) is 10.8. The van der Waals surface area contributed by atoms with Gasteiger partial charge in [0.05, 0.1) is 13.2 Å². The molecule has 0 aromatic heterocycles. The normalized spacial score (nSPS) is 11.6. The van der Waals surface area contributed by atoms with Crippen LogP contribution < -0.4 is 0 Å². The van der Waals surface area contributed by atoms with Crippen LogP contribution in [-0.4, -0.2) is 36.7 Å². The highest BCUT2D eigenvalue weighted by molar-refractivity contribution is 5.94. The molecular formula is C17H28O6. The van der Waals surface area contributed by atoms with Crippen LogP contribution in [0.5, 0.6) is 0 Å². The predicted molar refractivity (Wildman–Crippen MR) is 84.8 cm³/mol. The van der Waals surface area contributed by atoms with Crippen molar-refractivity contribution >= 4 is 23.5 Å². The molecule has 0 saturated heterocycles. The molecule has 6 nitrogen and oxygen atoms in total. The molecule has 1 atom stereocenters. The third-order valence-electron chi connectivity index (χ3n) is 3.36. The summed E-state index contributed by atoms with van der Waals surface area (Å²) >= 11 is 0. The molecule has 23 heavy (non-hydrogen) atoms. The summed E-state index contributed by atoms with van der Waals surface area (Å²) in [6.45, 7) is 5.43. The summed E-state index contributed by atoms with van der Waals surface area (Å²) < 4.78 is 10.0. The van der Waals surface area contributed by atoms with E-state index in [2.05, 4.69) is 0 Å². The van der Waals surface area contributed by atoms with Crippen LogP contribution in [0.3, 0.4) is 0 Å². The average Bonchev–Trinajstić information content (AvgIpc) is 2.44. The van der Waals surface area contributed by atoms with Crippen LogP contribution in [0.4, 0.5) is 0 Å². The number of carbonyl (C=O) groups is 4. The van der Waals surface area contributed by atoms with Gasteiger partial charge < -0.3 is 9.47 Å². The van der Waals surface area contributed by atoms with E-state index in [1.54, 1.807) is 0 Å². The van der Waals surface area contributed by atoms with Crippen molar-refractivity contribution in [3.05, 3.63) is 0 Å². The third kappa shape index (κ3) is 13.7. The van der Waals surface area contributed by atoms with E-state index in [1.165, 1.54) is 13.8 Å². The van der Waals surface area contributed by atoms with Gasteiger partial charge in [0.15, 0.2) is 0 Å². The van der Waals surface area contributed by atoms with Crippen molar-refractivity contribution in [1.29, 1.82) is 0 Å². The molecule has 0 fully saturated rings. The van der Waals surface area contributed by atoms with Crippen LogP contribution in [0.1, 0.15) is 65.7 Å². The summed E-state index contributed by atoms with van der Waals surface area (Å²) in [6, 6.07) is 0. The minimum absolute atomic E-state index is 0.163. The predicted octanol–water partition coefficient (Wildman–Crippen LogP) is 2.62. The Bertz CT molecular complexity index is 402. The first-order valence-electron chi connectivity index (χ1n) is 8.15. The van der Waals surface area contributed by atoms with Gasteiger partial charge in [0.2, 0.25) is 0 Å². The van der Waals surface area contributed by atoms with Crippen molar-refractivity contribution in [3.8, 4) is 0 Å². The fourth-order valence-electron chi connectivity index (χ4n) is 2.02. The monoisotopic (exact) mass is 328 g/mol. The van der Waals surface area contributed by atoms with Gasteiger partial charge in [-0.2, -0.15) is 0 Å². The highest BCUT2D eigenvalue weighted by Gasteiger charge is 2.12. The topological polar surface area (TPSA) is 86.7 Å². The van der Waals surface area contributed by atoms with Crippen molar-refractivity contribution in [2.75, 3.05) is 13.2 Å². The lowest BCUT2D eigenvalue weighted by molar-refractivity contribution is -0.147. The van der Waals surface area contributed by atoms with Gasteiger partial charge in [0, 0.05) is 0 Å². The molecule has 0 aromatic rings. The van der Waals surface area contributed by atoms with E-state index >= 15 is 0 Å². The first-order valence-corrected chi connectivity index (χ1v) is 8.15. The molecule has 0 aliphatic carbocycles. The lowest BCUT2D eigenvalue weighted by Crippen LogP contribution is -2.15. The Hall–Kier alpha value is -1.72. The van der Waals surface area contributed by atoms with Gasteiger partial charge in [-0.3, -0.25) is 19.2 Å². The van der Waals surface area contributed by atoms with Gasteiger partial charge in [-0.15, -0.1) is 0 Å². The quantitative estimate of drug-likeness (QED) is 0.293. The maximum absolute atomic E-state index is 11.3. The molecule has 0 aliphatic heterocycles. The molecule has 0 bridgehead atoms. The summed E-state index contributed by atoms with van der Waals surface area (Å²) in [5.74, 6) is -1.04. The van der Waals surface area contributed by atoms with E-state index in [9.17, 15) is 19.2 Å². The number of hydrogen-bond donors (Lipinski definition) is 0. The molecule has 0 spiro atoms. The average molecular weight is 328 g/mol. The maximum atomic E-state index is 11.3. The van der Waals surface area contributed by atoms with E-state index in [-0.39, 0.29) is 30.3 Å². The van der Waals surface area contributed by atoms with E-state index in [4.69, 9.17) is 9.47 Å². The fourth-order valence-corrected chi connectivity index (χ4v) is 2.02. The summed E-state index contributed by atoms with van der Waals surface area (Å²) in [5.41, 5.74) is 0. The lowest BCUT2D eigenvalue weighted by atomic mass is 9.99. The minimum atomic E-state index is -0.471. The second kappa shape index (κ2) is 12.8. The van der Waals surface area contributed by atoms with Crippen LogP contribution in [0.2, 0.25) is 0 Å². The SMILES string of the molecule is CCC(CCCCCOC(=O)CC(C)=O)COC(=O)CC(C)=O. The minimum Gasteiger partial charge on any atom is -0.465 e. The van der Waals surface area contributed by atoms with Crippen LogP contribution >= 0.6 is 0 Å². The van der Waals surface area contributed by atoms with Gasteiger partial charge in [0.1, 0.15) is 24.4 Å². The third-order valence-corrected chi connectivity index (χ3v) is 3.36. The smallest absolute Gasteiger partial charge is 0.313 e. The summed E-state index contributed by atoms with van der Waals surface area (Å²) in [4.78, 5) is 44.0. The largest absolute Gasteiger partial charge is 0.465 e. The summed E-state index contributed by atoms with van der Waals surface area (Å²) in [7, 11) is 0. The van der Waals surface area contributed by atoms with Gasteiger partial charge in [0.25, 0.3) is 0 Å². The molecule has 0 amide bonds. The number of ketones is 2. The molecule has 0 N–H and O–H groups in total. The molecule has 0 saturated carbocycles. The Morgan fingerprint density at radius 1 is 0.826 bits per heavy atom. The van der Waals surface area contributed by atoms with Crippen molar-refractivity contribution in [2.24, 2.45) is 5.92 Å². The molecular weight excluding hydrogens is 300 g/mol. The van der Waals surface area contributed by atoms with E-state index < -0.39 is 11.9 Å². The van der Waals surface area contributed by atoms with Crippen molar-refractivity contribution in [2.45, 2.75) is 65.7 Å². The first kappa shape index (κ1) is 21.3. The highest BCUT2D eigenvalue weighted by atomic mass is 16.5. The second-order valence-electron chi connectivity index (χ2n) is 5.78. The number of hydrogen-bond acceptors (Lipinski definition) is 6. The fraction of sp³-hybridized carbons (Fsp3) is 0.765. The standard InChI is InChI=1S/C17H28O6/c1-4-15(12-23-17(21)11-14(3)19)8-6-5-7-9-22-16(20)10-13(2)18/h15H,4-12H2,1-3H3. The summed E-state index contributed by atoms with van der Waals surface area (Å²) in [6.07, 6.45) is 4.11. The number of carbonyl (C=O) groups excluding carboxylic acids is 4. The van der Waals surface area contributed by atoms with Crippen molar-refractivity contribution < 1.29 is 28.7 Å². The molecule has 6 heteroatoms. The number of esters is 2. The molecule has 0 radical (unpaired) electrons. The molecule has 0 aromatic carbocycles. The molecule has 0 rings (SSSR count). The zero-order valence-corrected chi connectivity index (χ0v) is 14.4. The van der Waals surface area contributed by atoms with Crippen LogP contribution in [0, 0.1) is 5.92 Å². The Morgan fingerprint density at radius 3 is 1.91 bits per heavy atom. The van der Waals surface area contributed by atoms with E-state index in [0.717, 1.165) is 32.1 Å². The van der Waals surface area contributed by atoms with Gasteiger partial charge >= 0.3 is 11.9 Å². The van der Waals surface area contributed by atoms with Crippen molar-refractivity contribution in [3.63, 3.8) is 0 Å². The Morgan fingerprint density at radius 2 is 1.39 bits per heavy atom. The van der Waals surface area contributed by atoms with E-state index in [1.807, 2.05) is 6.92 Å². The molecule has 0 heterocycles. The van der Waals surface area contributed by atoms with Gasteiger partial charge in [-0.05, 0) is 32.6 Å². The van der Waals surface area contributed by atoms with Gasteiger partial charge in [-0.25, -0.2) is 0 Å². The maximum Gasteiger partial charge on any atom is 0.313 e. The zero-order chi connectivity index (χ0) is 17.7. The zero-order valence-electron chi connectivity index (χ0n) is 14.4. The summed E-state index contributed by atoms with van der Waals surface area (Å²) in [5, 5.41) is 0.